The van der Waals surface area contributed by atoms with Gasteiger partial charge in [0.05, 0.1) is 11.2 Å². The molecule has 2 aromatic heterocycles. The van der Waals surface area contributed by atoms with Crippen LogP contribution in [0.15, 0.2) is 17.0 Å². The Bertz CT molecular complexity index is 603. The minimum atomic E-state index is -0.984. The van der Waals surface area contributed by atoms with E-state index in [2.05, 4.69) is 15.3 Å². The third kappa shape index (κ3) is 2.83. The first kappa shape index (κ1) is 14.9. The molecule has 0 aliphatic rings. The lowest BCUT2D eigenvalue weighted by Gasteiger charge is -2.23. The zero-order valence-corrected chi connectivity index (χ0v) is 13.4. The highest BCUT2D eigenvalue weighted by Gasteiger charge is 2.33. The topological polar surface area (TPSA) is 75.1 Å². The smallest absolute Gasteiger partial charge is 0.315 e. The van der Waals surface area contributed by atoms with Crippen LogP contribution in [0.3, 0.4) is 0 Å². The van der Waals surface area contributed by atoms with E-state index in [1.165, 1.54) is 11.3 Å². The first-order valence-corrected chi connectivity index (χ1v) is 7.87. The van der Waals surface area contributed by atoms with Gasteiger partial charge in [0.1, 0.15) is 10.4 Å². The van der Waals surface area contributed by atoms with E-state index >= 15 is 0 Å². The van der Waals surface area contributed by atoms with Gasteiger partial charge in [0.2, 0.25) is 0 Å². The maximum absolute atomic E-state index is 11.2. The van der Waals surface area contributed by atoms with E-state index in [0.29, 0.717) is 10.8 Å². The van der Waals surface area contributed by atoms with E-state index < -0.39 is 11.4 Å². The fourth-order valence-corrected chi connectivity index (χ4v) is 3.33. The number of thiazole rings is 2. The van der Waals surface area contributed by atoms with Gasteiger partial charge in [-0.15, -0.1) is 22.7 Å². The molecule has 5 nitrogen and oxygen atoms in total. The largest absolute Gasteiger partial charge is 0.481 e. The summed E-state index contributed by atoms with van der Waals surface area (Å²) in [6.07, 6.45) is 1.77. The minimum Gasteiger partial charge on any atom is -0.481 e. The summed E-state index contributed by atoms with van der Waals surface area (Å²) in [5.74, 6) is -0.881. The maximum atomic E-state index is 11.2. The summed E-state index contributed by atoms with van der Waals surface area (Å²) in [6.45, 7) is 7.35. The van der Waals surface area contributed by atoms with Crippen molar-refractivity contribution in [3.63, 3.8) is 0 Å². The van der Waals surface area contributed by atoms with E-state index in [0.717, 1.165) is 5.01 Å². The second-order valence-electron chi connectivity index (χ2n) is 5.56. The third-order valence-corrected chi connectivity index (χ3v) is 4.92. The van der Waals surface area contributed by atoms with Crippen molar-refractivity contribution >= 4 is 33.8 Å². The van der Waals surface area contributed by atoms with Crippen LogP contribution in [0.2, 0.25) is 0 Å². The number of carboxylic acid groups (broad SMARTS) is 1. The number of nitrogens with one attached hydrogen (secondary N) is 1. The average molecular weight is 311 g/mol. The molecule has 0 atom stereocenters. The van der Waals surface area contributed by atoms with E-state index in [-0.39, 0.29) is 5.54 Å². The molecule has 0 amide bonds. The first-order chi connectivity index (χ1) is 9.23. The number of anilines is 1. The summed E-state index contributed by atoms with van der Waals surface area (Å²) >= 11 is 2.98. The number of aliphatic carboxylic acids is 1. The van der Waals surface area contributed by atoms with Crippen molar-refractivity contribution in [3.8, 4) is 0 Å². The molecule has 0 aromatic carbocycles. The average Bonchev–Trinajstić information content (AvgIpc) is 2.98. The first-order valence-electron chi connectivity index (χ1n) is 6.11. The van der Waals surface area contributed by atoms with E-state index in [9.17, 15) is 9.90 Å². The molecule has 0 spiro atoms. The number of carbonyl (C=O) groups is 1. The summed E-state index contributed by atoms with van der Waals surface area (Å²) in [6, 6.07) is 0. The molecule has 0 unspecified atom stereocenters. The van der Waals surface area contributed by atoms with Crippen LogP contribution < -0.4 is 5.32 Å². The highest BCUT2D eigenvalue weighted by Crippen LogP contribution is 2.32. The van der Waals surface area contributed by atoms with Crippen LogP contribution in [0.5, 0.6) is 0 Å². The molecule has 0 saturated heterocycles. The van der Waals surface area contributed by atoms with E-state index in [4.69, 9.17) is 0 Å². The van der Waals surface area contributed by atoms with Crippen LogP contribution in [0.1, 0.15) is 38.4 Å². The Balaban J connectivity index is 2.20. The monoisotopic (exact) mass is 311 g/mol. The van der Waals surface area contributed by atoms with Gasteiger partial charge in [0.15, 0.2) is 5.13 Å². The predicted octanol–water partition coefficient (Wildman–Crippen LogP) is 3.31. The van der Waals surface area contributed by atoms with Crippen molar-refractivity contribution in [2.24, 2.45) is 0 Å². The zero-order valence-electron chi connectivity index (χ0n) is 11.8. The van der Waals surface area contributed by atoms with Crippen LogP contribution in [-0.2, 0) is 15.7 Å². The summed E-state index contributed by atoms with van der Waals surface area (Å²) in [4.78, 5) is 19.9. The molecule has 0 aliphatic carbocycles. The summed E-state index contributed by atoms with van der Waals surface area (Å²) in [5.41, 5.74) is -0.759. The fourth-order valence-electron chi connectivity index (χ4n) is 1.58. The summed E-state index contributed by atoms with van der Waals surface area (Å²) < 4.78 is 0. The SMILES string of the molecule is CC(C)(Nc1nc(C(C)(C)C(=O)O)cs1)c1nccs1. The second kappa shape index (κ2) is 5.14. The van der Waals surface area contributed by atoms with Gasteiger partial charge in [-0.05, 0) is 27.7 Å². The van der Waals surface area contributed by atoms with Crippen molar-refractivity contribution in [1.29, 1.82) is 0 Å². The van der Waals surface area contributed by atoms with Crippen LogP contribution in [0.25, 0.3) is 0 Å². The van der Waals surface area contributed by atoms with Crippen LogP contribution in [0, 0.1) is 0 Å². The van der Waals surface area contributed by atoms with Gasteiger partial charge < -0.3 is 10.4 Å². The van der Waals surface area contributed by atoms with Crippen molar-refractivity contribution in [3.05, 3.63) is 27.7 Å². The molecule has 2 aromatic rings. The third-order valence-electron chi connectivity index (χ3n) is 3.07. The lowest BCUT2D eigenvalue weighted by Crippen LogP contribution is -2.30. The molecule has 0 radical (unpaired) electrons. The summed E-state index contributed by atoms with van der Waals surface area (Å²) in [5, 5.41) is 17.9. The van der Waals surface area contributed by atoms with Gasteiger partial charge in [-0.3, -0.25) is 4.79 Å². The zero-order chi connectivity index (χ0) is 15.0. The highest BCUT2D eigenvalue weighted by atomic mass is 32.1. The number of aromatic nitrogens is 2. The number of nitrogens with zero attached hydrogens (tertiary/aromatic N) is 2. The summed E-state index contributed by atoms with van der Waals surface area (Å²) in [7, 11) is 0. The van der Waals surface area contributed by atoms with Gasteiger partial charge in [-0.25, -0.2) is 9.97 Å². The number of carboxylic acids is 1. The molecule has 0 aliphatic heterocycles. The van der Waals surface area contributed by atoms with Crippen molar-refractivity contribution < 1.29 is 9.90 Å². The minimum absolute atomic E-state index is 0.337. The Morgan fingerprint density at radius 2 is 2.00 bits per heavy atom. The van der Waals surface area contributed by atoms with Crippen LogP contribution in [-0.4, -0.2) is 21.0 Å². The quantitative estimate of drug-likeness (QED) is 0.886. The normalized spacial score (nSPS) is 12.4. The Morgan fingerprint density at radius 3 is 2.55 bits per heavy atom. The molecule has 2 heterocycles. The maximum Gasteiger partial charge on any atom is 0.315 e. The molecule has 20 heavy (non-hydrogen) atoms. The van der Waals surface area contributed by atoms with Gasteiger partial charge >= 0.3 is 5.97 Å². The number of rotatable bonds is 5. The molecular formula is C13H17N3O2S2. The van der Waals surface area contributed by atoms with E-state index in [1.54, 1.807) is 36.8 Å². The van der Waals surface area contributed by atoms with Crippen molar-refractivity contribution in [2.75, 3.05) is 5.32 Å². The van der Waals surface area contributed by atoms with Crippen LogP contribution in [0.4, 0.5) is 5.13 Å². The second-order valence-corrected chi connectivity index (χ2v) is 7.31. The molecule has 0 bridgehead atoms. The predicted molar refractivity (Wildman–Crippen MR) is 81.5 cm³/mol. The van der Waals surface area contributed by atoms with Crippen molar-refractivity contribution in [2.45, 2.75) is 38.6 Å². The lowest BCUT2D eigenvalue weighted by molar-refractivity contribution is -0.142. The standard InChI is InChI=1S/C13H17N3O2S2/c1-12(2,10(17)18)8-7-20-11(15-8)16-13(3,4)9-14-5-6-19-9/h5-7H,1-4H3,(H,15,16)(H,17,18). The molecule has 0 saturated carbocycles. The van der Waals surface area contributed by atoms with Crippen LogP contribution >= 0.6 is 22.7 Å². The Labute approximate surface area is 125 Å². The molecule has 7 heteroatoms. The van der Waals surface area contributed by atoms with Gasteiger partial charge in [0, 0.05) is 17.0 Å². The van der Waals surface area contributed by atoms with Gasteiger partial charge in [-0.2, -0.15) is 0 Å². The number of hydrogen-bond donors (Lipinski definition) is 2. The highest BCUT2D eigenvalue weighted by molar-refractivity contribution is 7.13. The molecule has 108 valence electrons. The Hall–Kier alpha value is -1.47. The molecule has 0 fully saturated rings. The Kier molecular flexibility index (Phi) is 3.84. The van der Waals surface area contributed by atoms with Crippen molar-refractivity contribution in [1.82, 2.24) is 9.97 Å². The Morgan fingerprint density at radius 1 is 1.30 bits per heavy atom. The van der Waals surface area contributed by atoms with Gasteiger partial charge in [0.25, 0.3) is 0 Å². The van der Waals surface area contributed by atoms with Gasteiger partial charge in [-0.1, -0.05) is 0 Å². The lowest BCUT2D eigenvalue weighted by atomic mass is 9.90. The molecular weight excluding hydrogens is 294 g/mol. The molecule has 2 N–H and O–H groups in total. The van der Waals surface area contributed by atoms with E-state index in [1.807, 2.05) is 19.2 Å². The fraction of sp³-hybridized carbons (Fsp3) is 0.462. The molecule has 2 rings (SSSR count). The number of hydrogen-bond acceptors (Lipinski definition) is 6.